The second kappa shape index (κ2) is 5.53. The van der Waals surface area contributed by atoms with E-state index in [1.54, 1.807) is 29.0 Å². The van der Waals surface area contributed by atoms with Crippen LogP contribution in [0.5, 0.6) is 0 Å². The van der Waals surface area contributed by atoms with Crippen molar-refractivity contribution in [2.24, 2.45) is 12.8 Å². The minimum absolute atomic E-state index is 0.0341. The third-order valence-electron chi connectivity index (χ3n) is 3.62. The summed E-state index contributed by atoms with van der Waals surface area (Å²) < 4.78 is 24.7. The fraction of sp³-hybridized carbons (Fsp3) is 0.667. The number of amides is 1. The summed E-state index contributed by atoms with van der Waals surface area (Å²) >= 11 is 0. The van der Waals surface area contributed by atoms with Gasteiger partial charge in [-0.05, 0) is 13.3 Å². The fourth-order valence-electron chi connectivity index (χ4n) is 2.54. The summed E-state index contributed by atoms with van der Waals surface area (Å²) in [5.41, 5.74) is 6.61. The SMILES string of the molecule is CCN(C(=O)C(N)c1cnn(C)c1)C1CCS(=O)(=O)C1. The average Bonchev–Trinajstić information content (AvgIpc) is 2.95. The lowest BCUT2D eigenvalue weighted by atomic mass is 10.1. The van der Waals surface area contributed by atoms with Crippen LogP contribution in [-0.4, -0.2) is 53.1 Å². The molecule has 1 amide bonds. The minimum Gasteiger partial charge on any atom is -0.337 e. The summed E-state index contributed by atoms with van der Waals surface area (Å²) in [5, 5.41) is 4.00. The number of aromatic nitrogens is 2. The van der Waals surface area contributed by atoms with Gasteiger partial charge in [-0.3, -0.25) is 9.48 Å². The summed E-state index contributed by atoms with van der Waals surface area (Å²) in [5.74, 6) is -0.0711. The highest BCUT2D eigenvalue weighted by atomic mass is 32.2. The maximum absolute atomic E-state index is 12.5. The molecule has 0 saturated carbocycles. The first-order chi connectivity index (χ1) is 9.34. The Labute approximate surface area is 118 Å². The maximum atomic E-state index is 12.5. The molecule has 0 spiro atoms. The van der Waals surface area contributed by atoms with E-state index in [1.807, 2.05) is 6.92 Å². The molecular weight excluding hydrogens is 280 g/mol. The van der Waals surface area contributed by atoms with Crippen LogP contribution in [0.2, 0.25) is 0 Å². The first-order valence-corrected chi connectivity index (χ1v) is 8.41. The standard InChI is InChI=1S/C12H20N4O3S/c1-3-16(10-4-5-20(18,19)8-10)12(17)11(13)9-6-14-15(2)7-9/h6-7,10-11H,3-5,8,13H2,1-2H3. The molecule has 7 nitrogen and oxygen atoms in total. The van der Waals surface area contributed by atoms with Crippen LogP contribution in [0, 0.1) is 0 Å². The average molecular weight is 300 g/mol. The first-order valence-electron chi connectivity index (χ1n) is 6.59. The molecule has 1 aliphatic rings. The zero-order valence-electron chi connectivity index (χ0n) is 11.7. The van der Waals surface area contributed by atoms with Gasteiger partial charge < -0.3 is 10.6 Å². The van der Waals surface area contributed by atoms with Crippen molar-refractivity contribution in [1.29, 1.82) is 0 Å². The zero-order valence-corrected chi connectivity index (χ0v) is 12.5. The number of carbonyl (C=O) groups is 1. The van der Waals surface area contributed by atoms with Crippen LogP contribution in [0.25, 0.3) is 0 Å². The molecule has 2 unspecified atom stereocenters. The summed E-state index contributed by atoms with van der Waals surface area (Å²) in [6.45, 7) is 2.28. The lowest BCUT2D eigenvalue weighted by Gasteiger charge is -2.29. The van der Waals surface area contributed by atoms with Gasteiger partial charge in [-0.15, -0.1) is 0 Å². The second-order valence-corrected chi connectivity index (χ2v) is 7.33. The first kappa shape index (κ1) is 15.0. The summed E-state index contributed by atoms with van der Waals surface area (Å²) in [7, 11) is -1.27. The van der Waals surface area contributed by atoms with Crippen LogP contribution in [0.15, 0.2) is 12.4 Å². The molecule has 1 aliphatic heterocycles. The van der Waals surface area contributed by atoms with E-state index < -0.39 is 15.9 Å². The summed E-state index contributed by atoms with van der Waals surface area (Å²) in [6, 6.07) is -1.06. The molecule has 2 N–H and O–H groups in total. The molecule has 2 rings (SSSR count). The zero-order chi connectivity index (χ0) is 14.9. The molecule has 8 heteroatoms. The number of hydrogen-bond donors (Lipinski definition) is 1. The number of carbonyl (C=O) groups excluding carboxylic acids is 1. The van der Waals surface area contributed by atoms with Crippen molar-refractivity contribution in [3.8, 4) is 0 Å². The van der Waals surface area contributed by atoms with Gasteiger partial charge in [-0.25, -0.2) is 8.42 Å². The highest BCUT2D eigenvalue weighted by Gasteiger charge is 2.35. The Hall–Kier alpha value is -1.41. The van der Waals surface area contributed by atoms with E-state index in [9.17, 15) is 13.2 Å². The molecule has 0 radical (unpaired) electrons. The van der Waals surface area contributed by atoms with Crippen molar-refractivity contribution >= 4 is 15.7 Å². The number of likely N-dealkylation sites (N-methyl/N-ethyl adjacent to an activating group) is 1. The number of rotatable bonds is 4. The van der Waals surface area contributed by atoms with Gasteiger partial charge in [-0.2, -0.15) is 5.10 Å². The van der Waals surface area contributed by atoms with Gasteiger partial charge >= 0.3 is 0 Å². The predicted molar refractivity (Wildman–Crippen MR) is 74.6 cm³/mol. The monoisotopic (exact) mass is 300 g/mol. The van der Waals surface area contributed by atoms with Crippen LogP contribution in [0.1, 0.15) is 24.9 Å². The van der Waals surface area contributed by atoms with Crippen LogP contribution >= 0.6 is 0 Å². The van der Waals surface area contributed by atoms with Crippen LogP contribution in [-0.2, 0) is 21.7 Å². The van der Waals surface area contributed by atoms with E-state index in [0.717, 1.165) is 0 Å². The molecule has 1 saturated heterocycles. The van der Waals surface area contributed by atoms with Crippen LogP contribution < -0.4 is 5.73 Å². The van der Waals surface area contributed by atoms with Crippen LogP contribution in [0.4, 0.5) is 0 Å². The Morgan fingerprint density at radius 2 is 2.35 bits per heavy atom. The van der Waals surface area contributed by atoms with Gasteiger partial charge in [0.2, 0.25) is 5.91 Å². The normalized spacial score (nSPS) is 22.6. The molecule has 2 heterocycles. The number of aryl methyl sites for hydroxylation is 1. The largest absolute Gasteiger partial charge is 0.337 e. The van der Waals surface area contributed by atoms with Crippen molar-refractivity contribution < 1.29 is 13.2 Å². The molecule has 0 aliphatic carbocycles. The van der Waals surface area contributed by atoms with E-state index in [0.29, 0.717) is 18.5 Å². The van der Waals surface area contributed by atoms with Gasteiger partial charge in [-0.1, -0.05) is 0 Å². The van der Waals surface area contributed by atoms with Gasteiger partial charge in [0, 0.05) is 31.4 Å². The van der Waals surface area contributed by atoms with E-state index in [4.69, 9.17) is 5.73 Å². The number of nitrogens with two attached hydrogens (primary N) is 1. The quantitative estimate of drug-likeness (QED) is 0.805. The summed E-state index contributed by atoms with van der Waals surface area (Å²) in [4.78, 5) is 14.0. The van der Waals surface area contributed by atoms with Gasteiger partial charge in [0.1, 0.15) is 6.04 Å². The third kappa shape index (κ3) is 3.01. The smallest absolute Gasteiger partial charge is 0.244 e. The third-order valence-corrected chi connectivity index (χ3v) is 5.37. The van der Waals surface area contributed by atoms with Gasteiger partial charge in [0.15, 0.2) is 9.84 Å². The Morgan fingerprint density at radius 3 is 2.80 bits per heavy atom. The molecule has 2 atom stereocenters. The van der Waals surface area contributed by atoms with Crippen LogP contribution in [0.3, 0.4) is 0 Å². The lowest BCUT2D eigenvalue weighted by molar-refractivity contribution is -0.134. The van der Waals surface area contributed by atoms with E-state index >= 15 is 0 Å². The second-order valence-electron chi connectivity index (χ2n) is 5.11. The molecule has 112 valence electrons. The van der Waals surface area contributed by atoms with E-state index in [2.05, 4.69) is 5.10 Å². The van der Waals surface area contributed by atoms with Crippen molar-refractivity contribution in [3.63, 3.8) is 0 Å². The van der Waals surface area contributed by atoms with Crippen molar-refractivity contribution in [2.75, 3.05) is 18.1 Å². The molecule has 1 fully saturated rings. The Kier molecular flexibility index (Phi) is 4.14. The fourth-order valence-corrected chi connectivity index (χ4v) is 4.27. The number of nitrogens with zero attached hydrogens (tertiary/aromatic N) is 3. The number of sulfone groups is 1. The maximum Gasteiger partial charge on any atom is 0.244 e. The Morgan fingerprint density at radius 1 is 1.65 bits per heavy atom. The van der Waals surface area contributed by atoms with E-state index in [-0.39, 0.29) is 23.5 Å². The predicted octanol–water partition coefficient (Wildman–Crippen LogP) is -0.544. The van der Waals surface area contributed by atoms with E-state index in [1.165, 1.54) is 0 Å². The minimum atomic E-state index is -3.02. The van der Waals surface area contributed by atoms with Gasteiger partial charge in [0.25, 0.3) is 0 Å². The highest BCUT2D eigenvalue weighted by Crippen LogP contribution is 2.21. The molecule has 0 bridgehead atoms. The van der Waals surface area contributed by atoms with Crippen molar-refractivity contribution in [1.82, 2.24) is 14.7 Å². The topological polar surface area (TPSA) is 98.3 Å². The lowest BCUT2D eigenvalue weighted by Crippen LogP contribution is -2.45. The van der Waals surface area contributed by atoms with Crippen molar-refractivity contribution in [2.45, 2.75) is 25.4 Å². The molecule has 1 aromatic rings. The molecule has 20 heavy (non-hydrogen) atoms. The molecule has 0 aromatic carbocycles. The molecule has 1 aromatic heterocycles. The Balaban J connectivity index is 2.13. The molecular formula is C12H20N4O3S. The Bertz CT molecular complexity index is 596. The summed E-state index contributed by atoms with van der Waals surface area (Å²) in [6.07, 6.45) is 3.74. The highest BCUT2D eigenvalue weighted by molar-refractivity contribution is 7.91. The number of hydrogen-bond acceptors (Lipinski definition) is 5. The van der Waals surface area contributed by atoms with Crippen molar-refractivity contribution in [3.05, 3.63) is 18.0 Å². The van der Waals surface area contributed by atoms with Gasteiger partial charge in [0.05, 0.1) is 17.7 Å².